The second-order valence-corrected chi connectivity index (χ2v) is 6.14. The molecule has 1 unspecified atom stereocenters. The summed E-state index contributed by atoms with van der Waals surface area (Å²) in [7, 11) is 0. The summed E-state index contributed by atoms with van der Waals surface area (Å²) >= 11 is 2.09. The molecule has 3 aromatic rings. The molecule has 22 heavy (non-hydrogen) atoms. The normalized spacial score (nSPS) is 12.1. The van der Waals surface area contributed by atoms with Gasteiger partial charge in [0.15, 0.2) is 0 Å². The van der Waals surface area contributed by atoms with Crippen LogP contribution in [0, 0.1) is 3.57 Å². The van der Waals surface area contributed by atoms with Crippen LogP contribution >= 0.6 is 22.6 Å². The first-order valence-electron chi connectivity index (χ1n) is 6.88. The van der Waals surface area contributed by atoms with Gasteiger partial charge in [0, 0.05) is 18.1 Å². The molecule has 0 saturated heterocycles. The molecule has 2 heterocycles. The molecule has 1 atom stereocenters. The predicted octanol–water partition coefficient (Wildman–Crippen LogP) is 3.30. The summed E-state index contributed by atoms with van der Waals surface area (Å²) in [6.45, 7) is 1.97. The van der Waals surface area contributed by atoms with Crippen LogP contribution in [-0.4, -0.2) is 20.7 Å². The average molecular weight is 406 g/mol. The van der Waals surface area contributed by atoms with Crippen LogP contribution in [0.4, 0.5) is 0 Å². The van der Waals surface area contributed by atoms with Gasteiger partial charge in [0.1, 0.15) is 5.69 Å². The Hall–Kier alpha value is -2.09. The quantitative estimate of drug-likeness (QED) is 0.654. The lowest BCUT2D eigenvalue weighted by molar-refractivity contribution is 0.0934. The van der Waals surface area contributed by atoms with Crippen molar-refractivity contribution >= 4 is 28.5 Å². The number of aromatic amines is 1. The molecule has 0 radical (unpaired) electrons. The number of carbonyl (C=O) groups excluding carboxylic acids is 1. The number of H-pyrrole nitrogens is 1. The summed E-state index contributed by atoms with van der Waals surface area (Å²) in [6.07, 6.45) is 5.62. The summed E-state index contributed by atoms with van der Waals surface area (Å²) in [5, 5.41) is 9.58. The molecule has 0 bridgehead atoms. The van der Waals surface area contributed by atoms with Gasteiger partial charge in [-0.25, -0.2) is 0 Å². The first-order valence-corrected chi connectivity index (χ1v) is 7.96. The SMILES string of the molecule is CC(NC(=O)c1[nH]ncc1I)c1cccc(-n2cccc2)c1. The van der Waals surface area contributed by atoms with Crippen molar-refractivity contribution in [1.82, 2.24) is 20.1 Å². The molecule has 0 aliphatic carbocycles. The smallest absolute Gasteiger partial charge is 0.270 e. The third-order valence-corrected chi connectivity index (χ3v) is 4.26. The third-order valence-electron chi connectivity index (χ3n) is 3.44. The monoisotopic (exact) mass is 406 g/mol. The van der Waals surface area contributed by atoms with Crippen molar-refractivity contribution in [3.63, 3.8) is 0 Å². The maximum atomic E-state index is 12.2. The number of benzene rings is 1. The van der Waals surface area contributed by atoms with Crippen molar-refractivity contribution in [3.8, 4) is 5.69 Å². The second-order valence-electron chi connectivity index (χ2n) is 4.97. The zero-order chi connectivity index (χ0) is 15.5. The Kier molecular flexibility index (Phi) is 4.28. The van der Waals surface area contributed by atoms with Crippen molar-refractivity contribution in [2.24, 2.45) is 0 Å². The molecule has 1 aromatic carbocycles. The van der Waals surface area contributed by atoms with E-state index in [-0.39, 0.29) is 11.9 Å². The standard InChI is InChI=1S/C16H15IN4O/c1-11(19-16(22)15-14(17)10-18-20-15)12-5-4-6-13(9-12)21-7-2-3-8-21/h2-11H,1H3,(H,18,20)(H,19,22). The highest BCUT2D eigenvalue weighted by Gasteiger charge is 2.15. The molecule has 2 N–H and O–H groups in total. The van der Waals surface area contributed by atoms with E-state index < -0.39 is 0 Å². The highest BCUT2D eigenvalue weighted by atomic mass is 127. The number of nitrogens with zero attached hydrogens (tertiary/aromatic N) is 2. The van der Waals surface area contributed by atoms with Gasteiger partial charge < -0.3 is 9.88 Å². The molecule has 3 rings (SSSR count). The number of halogens is 1. The van der Waals surface area contributed by atoms with Gasteiger partial charge in [0.2, 0.25) is 0 Å². The number of aromatic nitrogens is 3. The van der Waals surface area contributed by atoms with Crippen LogP contribution in [0.5, 0.6) is 0 Å². The van der Waals surface area contributed by atoms with E-state index in [1.54, 1.807) is 6.20 Å². The average Bonchev–Trinajstić information content (AvgIpc) is 3.18. The Balaban J connectivity index is 1.78. The maximum Gasteiger partial charge on any atom is 0.270 e. The van der Waals surface area contributed by atoms with Gasteiger partial charge in [-0.1, -0.05) is 12.1 Å². The fourth-order valence-electron chi connectivity index (χ4n) is 2.24. The van der Waals surface area contributed by atoms with E-state index in [0.717, 1.165) is 14.8 Å². The maximum absolute atomic E-state index is 12.2. The van der Waals surface area contributed by atoms with Crippen molar-refractivity contribution in [1.29, 1.82) is 0 Å². The van der Waals surface area contributed by atoms with E-state index in [2.05, 4.69) is 44.2 Å². The fraction of sp³-hybridized carbons (Fsp3) is 0.125. The minimum Gasteiger partial charge on any atom is -0.344 e. The highest BCUT2D eigenvalue weighted by molar-refractivity contribution is 14.1. The molecule has 2 aromatic heterocycles. The number of rotatable bonds is 4. The Morgan fingerprint density at radius 3 is 2.77 bits per heavy atom. The molecular formula is C16H15IN4O. The summed E-state index contributed by atoms with van der Waals surface area (Å²) in [4.78, 5) is 12.2. The zero-order valence-corrected chi connectivity index (χ0v) is 14.1. The van der Waals surface area contributed by atoms with Crippen molar-refractivity contribution in [3.05, 3.63) is 69.8 Å². The summed E-state index contributed by atoms with van der Waals surface area (Å²) < 4.78 is 2.85. The molecule has 0 saturated carbocycles. The van der Waals surface area contributed by atoms with Gasteiger partial charge in [-0.05, 0) is 59.3 Å². The van der Waals surface area contributed by atoms with Gasteiger partial charge in [0.25, 0.3) is 5.91 Å². The number of carbonyl (C=O) groups is 1. The Labute approximate surface area is 141 Å². The molecule has 0 spiro atoms. The minimum absolute atomic E-state index is 0.0953. The molecule has 5 nitrogen and oxygen atoms in total. The van der Waals surface area contributed by atoms with Crippen LogP contribution < -0.4 is 5.32 Å². The summed E-state index contributed by atoms with van der Waals surface area (Å²) in [5.74, 6) is -0.152. The first-order chi connectivity index (χ1) is 10.6. The van der Waals surface area contributed by atoms with E-state index in [1.807, 2.05) is 54.2 Å². The van der Waals surface area contributed by atoms with Crippen LogP contribution in [0.25, 0.3) is 5.69 Å². The summed E-state index contributed by atoms with van der Waals surface area (Å²) in [6, 6.07) is 12.0. The van der Waals surface area contributed by atoms with E-state index >= 15 is 0 Å². The second kappa shape index (κ2) is 6.35. The Bertz CT molecular complexity index is 779. The largest absolute Gasteiger partial charge is 0.344 e. The van der Waals surface area contributed by atoms with E-state index in [4.69, 9.17) is 0 Å². The van der Waals surface area contributed by atoms with Crippen LogP contribution in [-0.2, 0) is 0 Å². The topological polar surface area (TPSA) is 62.7 Å². The first kappa shape index (κ1) is 14.8. The lowest BCUT2D eigenvalue weighted by Gasteiger charge is -2.15. The van der Waals surface area contributed by atoms with Gasteiger partial charge in [-0.3, -0.25) is 9.89 Å². The van der Waals surface area contributed by atoms with Crippen LogP contribution in [0.3, 0.4) is 0 Å². The third kappa shape index (κ3) is 3.06. The minimum atomic E-state index is -0.152. The molecule has 1 amide bonds. The molecule has 112 valence electrons. The number of amides is 1. The van der Waals surface area contributed by atoms with E-state index in [0.29, 0.717) is 5.69 Å². The van der Waals surface area contributed by atoms with Gasteiger partial charge >= 0.3 is 0 Å². The van der Waals surface area contributed by atoms with Crippen molar-refractivity contribution < 1.29 is 4.79 Å². The number of hydrogen-bond donors (Lipinski definition) is 2. The Morgan fingerprint density at radius 2 is 2.09 bits per heavy atom. The fourth-order valence-corrected chi connectivity index (χ4v) is 2.75. The highest BCUT2D eigenvalue weighted by Crippen LogP contribution is 2.18. The molecule has 6 heteroatoms. The van der Waals surface area contributed by atoms with E-state index in [1.165, 1.54) is 0 Å². The number of nitrogens with one attached hydrogen (secondary N) is 2. The lowest BCUT2D eigenvalue weighted by atomic mass is 10.1. The molecule has 0 fully saturated rings. The predicted molar refractivity (Wildman–Crippen MR) is 93.0 cm³/mol. The lowest BCUT2D eigenvalue weighted by Crippen LogP contribution is -2.27. The van der Waals surface area contributed by atoms with Crippen molar-refractivity contribution in [2.75, 3.05) is 0 Å². The van der Waals surface area contributed by atoms with Crippen molar-refractivity contribution in [2.45, 2.75) is 13.0 Å². The van der Waals surface area contributed by atoms with Crippen LogP contribution in [0.15, 0.2) is 55.0 Å². The van der Waals surface area contributed by atoms with Crippen LogP contribution in [0.1, 0.15) is 29.0 Å². The molecule has 0 aliphatic heterocycles. The summed E-state index contributed by atoms with van der Waals surface area (Å²) in [5.41, 5.74) is 2.61. The van der Waals surface area contributed by atoms with Crippen LogP contribution in [0.2, 0.25) is 0 Å². The molecular weight excluding hydrogens is 391 g/mol. The van der Waals surface area contributed by atoms with Gasteiger partial charge in [0.05, 0.1) is 15.8 Å². The Morgan fingerprint density at radius 1 is 1.32 bits per heavy atom. The van der Waals surface area contributed by atoms with Gasteiger partial charge in [-0.2, -0.15) is 5.10 Å². The zero-order valence-electron chi connectivity index (χ0n) is 12.0. The number of hydrogen-bond acceptors (Lipinski definition) is 2. The molecule has 0 aliphatic rings. The van der Waals surface area contributed by atoms with Gasteiger partial charge in [-0.15, -0.1) is 0 Å². The van der Waals surface area contributed by atoms with E-state index in [9.17, 15) is 4.79 Å².